The van der Waals surface area contributed by atoms with Gasteiger partial charge in [0, 0.05) is 16.7 Å². The first-order chi connectivity index (χ1) is 9.63. The Kier molecular flexibility index (Phi) is 5.10. The van der Waals surface area contributed by atoms with Crippen LogP contribution in [0.15, 0.2) is 47.4 Å². The first-order valence-electron chi connectivity index (χ1n) is 6.72. The average Bonchev–Trinajstić information content (AvgIpc) is 2.48. The van der Waals surface area contributed by atoms with E-state index in [0.29, 0.717) is 6.54 Å². The normalized spacial score (nSPS) is 12.2. The van der Waals surface area contributed by atoms with Crippen LogP contribution in [0, 0.1) is 13.8 Å². The zero-order valence-electron chi connectivity index (χ0n) is 12.2. The molecule has 0 saturated heterocycles. The van der Waals surface area contributed by atoms with Crippen molar-refractivity contribution in [2.75, 3.05) is 13.7 Å². The van der Waals surface area contributed by atoms with Crippen molar-refractivity contribution in [3.05, 3.63) is 59.2 Å². The highest BCUT2D eigenvalue weighted by Crippen LogP contribution is 2.35. The average molecular weight is 287 g/mol. The fraction of sp³-hybridized carbons (Fsp3) is 0.294. The number of thioether (sulfide) groups is 1. The van der Waals surface area contributed by atoms with E-state index in [9.17, 15) is 0 Å². The van der Waals surface area contributed by atoms with E-state index in [-0.39, 0.29) is 5.25 Å². The molecule has 0 aliphatic carbocycles. The molecule has 0 fully saturated rings. The van der Waals surface area contributed by atoms with Crippen LogP contribution in [-0.4, -0.2) is 13.7 Å². The van der Waals surface area contributed by atoms with E-state index >= 15 is 0 Å². The molecule has 2 aromatic rings. The monoisotopic (exact) mass is 287 g/mol. The molecule has 0 saturated carbocycles. The minimum Gasteiger partial charge on any atom is -0.497 e. The number of benzene rings is 2. The second-order valence-electron chi connectivity index (χ2n) is 4.86. The quantitative estimate of drug-likeness (QED) is 0.841. The highest BCUT2D eigenvalue weighted by molar-refractivity contribution is 7.99. The summed E-state index contributed by atoms with van der Waals surface area (Å²) in [5, 5.41) is 0.267. The lowest BCUT2D eigenvalue weighted by Gasteiger charge is -2.16. The van der Waals surface area contributed by atoms with Gasteiger partial charge in [-0.25, -0.2) is 0 Å². The summed E-state index contributed by atoms with van der Waals surface area (Å²) in [6.45, 7) is 4.89. The molecule has 20 heavy (non-hydrogen) atoms. The fourth-order valence-corrected chi connectivity index (χ4v) is 3.13. The summed E-state index contributed by atoms with van der Waals surface area (Å²) in [6, 6.07) is 14.7. The minimum atomic E-state index is 0.267. The van der Waals surface area contributed by atoms with Crippen molar-refractivity contribution >= 4 is 11.8 Å². The van der Waals surface area contributed by atoms with Crippen molar-refractivity contribution in [3.8, 4) is 5.75 Å². The zero-order valence-corrected chi connectivity index (χ0v) is 13.0. The van der Waals surface area contributed by atoms with Gasteiger partial charge in [0.15, 0.2) is 0 Å². The standard InChI is InChI=1S/C17H21NOS/c1-12-4-9-16(10-13(12)2)20-17(11-18)14-5-7-15(19-3)8-6-14/h4-10,17H,11,18H2,1-3H3. The molecular weight excluding hydrogens is 266 g/mol. The number of rotatable bonds is 5. The lowest BCUT2D eigenvalue weighted by molar-refractivity contribution is 0.414. The van der Waals surface area contributed by atoms with Crippen LogP contribution in [0.2, 0.25) is 0 Å². The zero-order chi connectivity index (χ0) is 14.5. The molecular formula is C17H21NOS. The van der Waals surface area contributed by atoms with Gasteiger partial charge in [0.25, 0.3) is 0 Å². The summed E-state index contributed by atoms with van der Waals surface area (Å²) >= 11 is 1.81. The van der Waals surface area contributed by atoms with E-state index in [2.05, 4.69) is 44.2 Å². The minimum absolute atomic E-state index is 0.267. The maximum Gasteiger partial charge on any atom is 0.118 e. The summed E-state index contributed by atoms with van der Waals surface area (Å²) < 4.78 is 5.19. The van der Waals surface area contributed by atoms with Gasteiger partial charge in [0.05, 0.1) is 7.11 Å². The third kappa shape index (κ3) is 3.56. The van der Waals surface area contributed by atoms with Gasteiger partial charge in [-0.05, 0) is 54.8 Å². The van der Waals surface area contributed by atoms with Crippen molar-refractivity contribution in [2.24, 2.45) is 5.73 Å². The van der Waals surface area contributed by atoms with E-state index in [1.807, 2.05) is 23.9 Å². The van der Waals surface area contributed by atoms with E-state index in [1.165, 1.54) is 21.6 Å². The number of nitrogens with two attached hydrogens (primary N) is 1. The summed E-state index contributed by atoms with van der Waals surface area (Å²) in [7, 11) is 1.68. The van der Waals surface area contributed by atoms with Crippen molar-refractivity contribution in [1.29, 1.82) is 0 Å². The molecule has 2 nitrogen and oxygen atoms in total. The molecule has 3 heteroatoms. The summed E-state index contributed by atoms with van der Waals surface area (Å²) in [6.07, 6.45) is 0. The van der Waals surface area contributed by atoms with Crippen LogP contribution in [0.5, 0.6) is 5.75 Å². The maximum absolute atomic E-state index is 5.94. The van der Waals surface area contributed by atoms with Crippen molar-refractivity contribution in [1.82, 2.24) is 0 Å². The summed E-state index contributed by atoms with van der Waals surface area (Å²) in [4.78, 5) is 1.26. The molecule has 0 aromatic heterocycles. The van der Waals surface area contributed by atoms with Gasteiger partial charge >= 0.3 is 0 Å². The number of methoxy groups -OCH3 is 1. The molecule has 2 aromatic carbocycles. The maximum atomic E-state index is 5.94. The number of hydrogen-bond donors (Lipinski definition) is 1. The Bertz CT molecular complexity index is 566. The summed E-state index contributed by atoms with van der Waals surface area (Å²) in [5.41, 5.74) is 9.81. The lowest BCUT2D eigenvalue weighted by Crippen LogP contribution is -2.09. The smallest absolute Gasteiger partial charge is 0.118 e. The third-order valence-corrected chi connectivity index (χ3v) is 4.73. The Morgan fingerprint density at radius 1 is 1.05 bits per heavy atom. The number of aryl methyl sites for hydroxylation is 2. The Morgan fingerprint density at radius 2 is 1.75 bits per heavy atom. The first kappa shape index (κ1) is 14.9. The molecule has 0 spiro atoms. The van der Waals surface area contributed by atoms with Crippen LogP contribution in [0.3, 0.4) is 0 Å². The van der Waals surface area contributed by atoms with Crippen molar-refractivity contribution in [3.63, 3.8) is 0 Å². The van der Waals surface area contributed by atoms with Gasteiger partial charge in [-0.1, -0.05) is 18.2 Å². The topological polar surface area (TPSA) is 35.2 Å². The first-order valence-corrected chi connectivity index (χ1v) is 7.60. The third-order valence-electron chi connectivity index (χ3n) is 3.46. The van der Waals surface area contributed by atoms with Gasteiger partial charge in [-0.15, -0.1) is 11.8 Å². The van der Waals surface area contributed by atoms with Gasteiger partial charge < -0.3 is 10.5 Å². The van der Waals surface area contributed by atoms with Crippen molar-refractivity contribution in [2.45, 2.75) is 24.0 Å². The van der Waals surface area contributed by atoms with Crippen LogP contribution >= 0.6 is 11.8 Å². The molecule has 2 rings (SSSR count). The molecule has 106 valence electrons. The second-order valence-corrected chi connectivity index (χ2v) is 6.14. The summed E-state index contributed by atoms with van der Waals surface area (Å²) in [5.74, 6) is 0.876. The predicted octanol–water partition coefficient (Wildman–Crippen LogP) is 4.10. The van der Waals surface area contributed by atoms with Gasteiger partial charge in [-0.2, -0.15) is 0 Å². The Morgan fingerprint density at radius 3 is 2.30 bits per heavy atom. The second kappa shape index (κ2) is 6.82. The van der Waals surface area contributed by atoms with Crippen LogP contribution in [0.4, 0.5) is 0 Å². The molecule has 1 unspecified atom stereocenters. The van der Waals surface area contributed by atoms with Crippen LogP contribution < -0.4 is 10.5 Å². The highest BCUT2D eigenvalue weighted by Gasteiger charge is 2.12. The fourth-order valence-electron chi connectivity index (χ4n) is 2.02. The largest absolute Gasteiger partial charge is 0.497 e. The molecule has 0 radical (unpaired) electrons. The Hall–Kier alpha value is -1.45. The number of ether oxygens (including phenoxy) is 1. The Balaban J connectivity index is 2.16. The molecule has 0 aliphatic heterocycles. The lowest BCUT2D eigenvalue weighted by atomic mass is 10.1. The SMILES string of the molecule is COc1ccc(C(CN)Sc2ccc(C)c(C)c2)cc1. The van der Waals surface area contributed by atoms with Crippen LogP contribution in [-0.2, 0) is 0 Å². The van der Waals surface area contributed by atoms with Gasteiger partial charge in [-0.3, -0.25) is 0 Å². The molecule has 2 N–H and O–H groups in total. The van der Waals surface area contributed by atoms with Gasteiger partial charge in [0.1, 0.15) is 5.75 Å². The van der Waals surface area contributed by atoms with Crippen molar-refractivity contribution < 1.29 is 4.74 Å². The predicted molar refractivity (Wildman–Crippen MR) is 86.6 cm³/mol. The van der Waals surface area contributed by atoms with E-state index in [4.69, 9.17) is 10.5 Å². The molecule has 0 aliphatic rings. The van der Waals surface area contributed by atoms with E-state index in [0.717, 1.165) is 5.75 Å². The van der Waals surface area contributed by atoms with Crippen LogP contribution in [0.25, 0.3) is 0 Å². The highest BCUT2D eigenvalue weighted by atomic mass is 32.2. The van der Waals surface area contributed by atoms with E-state index < -0.39 is 0 Å². The Labute approximate surface area is 125 Å². The molecule has 0 heterocycles. The van der Waals surface area contributed by atoms with E-state index in [1.54, 1.807) is 7.11 Å². The molecule has 0 bridgehead atoms. The van der Waals surface area contributed by atoms with Crippen LogP contribution in [0.1, 0.15) is 21.9 Å². The molecule has 1 atom stereocenters. The van der Waals surface area contributed by atoms with Gasteiger partial charge in [0.2, 0.25) is 0 Å². The molecule has 0 amide bonds. The number of hydrogen-bond acceptors (Lipinski definition) is 3.